The maximum atomic E-state index is 14.1. The van der Waals surface area contributed by atoms with Gasteiger partial charge in [-0.3, -0.25) is 4.90 Å². The molecule has 0 aliphatic carbocycles. The van der Waals surface area contributed by atoms with Gasteiger partial charge in [0.25, 0.3) is 0 Å². The van der Waals surface area contributed by atoms with Gasteiger partial charge in [0.05, 0.1) is 25.9 Å². The number of rotatable bonds is 4. The minimum atomic E-state index is -0.516. The molecule has 0 saturated carbocycles. The summed E-state index contributed by atoms with van der Waals surface area (Å²) in [4.78, 5) is 13.7. The molecular weight excluding hydrogens is 357 g/mol. The third-order valence-corrected chi connectivity index (χ3v) is 4.42. The normalized spacial score (nSPS) is 14.9. The predicted octanol–water partition coefficient (Wildman–Crippen LogP) is 3.67. The molecule has 1 aliphatic heterocycles. The number of morpholine rings is 1. The van der Waals surface area contributed by atoms with E-state index >= 15 is 0 Å². The summed E-state index contributed by atoms with van der Waals surface area (Å²) in [6.07, 6.45) is 1.41. The molecule has 0 radical (unpaired) electrons. The largest absolute Gasteiger partial charge is 0.465 e. The molecule has 1 aliphatic rings. The Hall–Kier alpha value is -2.94. The zero-order chi connectivity index (χ0) is 19.8. The van der Waals surface area contributed by atoms with Crippen LogP contribution in [0.25, 0.3) is 6.08 Å². The summed E-state index contributed by atoms with van der Waals surface area (Å²) in [5.74, 6) is 4.32. The van der Waals surface area contributed by atoms with Crippen LogP contribution in [-0.2, 0) is 16.0 Å². The van der Waals surface area contributed by atoms with Crippen molar-refractivity contribution in [3.05, 3.63) is 76.6 Å². The van der Waals surface area contributed by atoms with E-state index in [1.807, 2.05) is 24.3 Å². The van der Waals surface area contributed by atoms with Gasteiger partial charge in [-0.15, -0.1) is 0 Å². The number of benzene rings is 2. The van der Waals surface area contributed by atoms with Gasteiger partial charge in [0.2, 0.25) is 0 Å². The van der Waals surface area contributed by atoms with Crippen molar-refractivity contribution >= 4 is 12.0 Å². The molecule has 0 bridgehead atoms. The van der Waals surface area contributed by atoms with Crippen molar-refractivity contribution in [3.63, 3.8) is 0 Å². The van der Waals surface area contributed by atoms with Crippen LogP contribution < -0.4 is 0 Å². The standard InChI is InChI=1S/C23H22FNO3/c1-27-23(26)21-9-6-18(7-10-21)8-11-22(24)16-19-2-4-20(5-3-19)17-25-12-14-28-15-13-25/h2-7,9-10,16H,12-15,17H2,1H3/b22-16-. The first-order chi connectivity index (χ1) is 13.6. The van der Waals surface area contributed by atoms with Gasteiger partial charge in [-0.1, -0.05) is 30.2 Å². The molecule has 3 rings (SSSR count). The van der Waals surface area contributed by atoms with Crippen LogP contribution in [0.4, 0.5) is 4.39 Å². The molecule has 2 aromatic carbocycles. The zero-order valence-corrected chi connectivity index (χ0v) is 15.8. The topological polar surface area (TPSA) is 38.8 Å². The molecule has 4 nitrogen and oxygen atoms in total. The highest BCUT2D eigenvalue weighted by molar-refractivity contribution is 5.89. The van der Waals surface area contributed by atoms with Gasteiger partial charge in [-0.05, 0) is 47.4 Å². The Morgan fingerprint density at radius 2 is 1.82 bits per heavy atom. The molecule has 1 saturated heterocycles. The Labute approximate surface area is 164 Å². The van der Waals surface area contributed by atoms with E-state index in [-0.39, 0.29) is 0 Å². The van der Waals surface area contributed by atoms with Crippen LogP contribution in [0.1, 0.15) is 27.0 Å². The van der Waals surface area contributed by atoms with Gasteiger partial charge in [-0.2, -0.15) is 4.39 Å². The van der Waals surface area contributed by atoms with Crippen LogP contribution in [-0.4, -0.2) is 44.3 Å². The van der Waals surface area contributed by atoms with Crippen LogP contribution in [0.15, 0.2) is 54.4 Å². The van der Waals surface area contributed by atoms with Crippen molar-refractivity contribution in [1.29, 1.82) is 0 Å². The molecule has 0 aromatic heterocycles. The van der Waals surface area contributed by atoms with E-state index in [1.165, 1.54) is 18.7 Å². The van der Waals surface area contributed by atoms with Crippen LogP contribution in [0.3, 0.4) is 0 Å². The molecule has 0 atom stereocenters. The quantitative estimate of drug-likeness (QED) is 0.600. The first kappa shape index (κ1) is 19.8. The molecule has 0 N–H and O–H groups in total. The third-order valence-electron chi connectivity index (χ3n) is 4.42. The fraction of sp³-hybridized carbons (Fsp3) is 0.261. The molecule has 2 aromatic rings. The van der Waals surface area contributed by atoms with E-state index in [0.29, 0.717) is 11.1 Å². The summed E-state index contributed by atoms with van der Waals surface area (Å²) in [6.45, 7) is 4.29. The lowest BCUT2D eigenvalue weighted by Crippen LogP contribution is -2.35. The summed E-state index contributed by atoms with van der Waals surface area (Å²) >= 11 is 0. The summed E-state index contributed by atoms with van der Waals surface area (Å²) in [7, 11) is 1.32. The molecule has 5 heteroatoms. The molecule has 0 amide bonds. The van der Waals surface area contributed by atoms with Crippen LogP contribution in [0.2, 0.25) is 0 Å². The summed E-state index contributed by atoms with van der Waals surface area (Å²) in [6, 6.07) is 14.3. The summed E-state index contributed by atoms with van der Waals surface area (Å²) in [5, 5.41) is 0. The molecule has 0 unspecified atom stereocenters. The average molecular weight is 379 g/mol. The van der Waals surface area contributed by atoms with Gasteiger partial charge in [-0.25, -0.2) is 4.79 Å². The van der Waals surface area contributed by atoms with Gasteiger partial charge in [0, 0.05) is 25.2 Å². The van der Waals surface area contributed by atoms with Crippen LogP contribution >= 0.6 is 0 Å². The fourth-order valence-corrected chi connectivity index (χ4v) is 2.86. The number of methoxy groups -OCH3 is 1. The van der Waals surface area contributed by atoms with Crippen LogP contribution in [0, 0.1) is 11.8 Å². The Morgan fingerprint density at radius 1 is 1.14 bits per heavy atom. The first-order valence-electron chi connectivity index (χ1n) is 9.11. The van der Waals surface area contributed by atoms with Crippen LogP contribution in [0.5, 0.6) is 0 Å². The fourth-order valence-electron chi connectivity index (χ4n) is 2.86. The lowest BCUT2D eigenvalue weighted by atomic mass is 10.1. The Bertz CT molecular complexity index is 886. The number of ether oxygens (including phenoxy) is 2. The van der Waals surface area contributed by atoms with Gasteiger partial charge >= 0.3 is 5.97 Å². The minimum Gasteiger partial charge on any atom is -0.465 e. The Morgan fingerprint density at radius 3 is 2.46 bits per heavy atom. The van der Waals surface area contributed by atoms with Gasteiger partial charge in [0.15, 0.2) is 5.83 Å². The minimum absolute atomic E-state index is 0.414. The van der Waals surface area contributed by atoms with Gasteiger partial charge in [0.1, 0.15) is 0 Å². The number of esters is 1. The van der Waals surface area contributed by atoms with E-state index in [2.05, 4.69) is 21.5 Å². The van der Waals surface area contributed by atoms with Crippen molar-refractivity contribution in [3.8, 4) is 11.8 Å². The molecule has 144 valence electrons. The zero-order valence-electron chi connectivity index (χ0n) is 15.8. The van der Waals surface area contributed by atoms with E-state index in [9.17, 15) is 9.18 Å². The number of halogens is 1. The number of carbonyl (C=O) groups is 1. The van der Waals surface area contributed by atoms with E-state index in [0.717, 1.165) is 38.4 Å². The Balaban J connectivity index is 1.60. The maximum Gasteiger partial charge on any atom is 0.337 e. The van der Waals surface area contributed by atoms with E-state index in [1.54, 1.807) is 24.3 Å². The monoisotopic (exact) mass is 379 g/mol. The van der Waals surface area contributed by atoms with Gasteiger partial charge < -0.3 is 9.47 Å². The summed E-state index contributed by atoms with van der Waals surface area (Å²) in [5.41, 5.74) is 3.01. The van der Waals surface area contributed by atoms with E-state index in [4.69, 9.17) is 4.74 Å². The maximum absolute atomic E-state index is 14.1. The van der Waals surface area contributed by atoms with Crippen molar-refractivity contribution in [2.75, 3.05) is 33.4 Å². The predicted molar refractivity (Wildman–Crippen MR) is 106 cm³/mol. The van der Waals surface area contributed by atoms with E-state index < -0.39 is 11.8 Å². The molecular formula is C23H22FNO3. The smallest absolute Gasteiger partial charge is 0.337 e. The highest BCUT2D eigenvalue weighted by Crippen LogP contribution is 2.12. The lowest BCUT2D eigenvalue weighted by Gasteiger charge is -2.26. The molecule has 1 heterocycles. The second-order valence-electron chi connectivity index (χ2n) is 6.44. The number of hydrogen-bond donors (Lipinski definition) is 0. The number of carbonyl (C=O) groups excluding carboxylic acids is 1. The third kappa shape index (κ3) is 5.78. The second-order valence-corrected chi connectivity index (χ2v) is 6.44. The first-order valence-corrected chi connectivity index (χ1v) is 9.11. The number of hydrogen-bond acceptors (Lipinski definition) is 4. The number of nitrogens with zero attached hydrogens (tertiary/aromatic N) is 1. The van der Waals surface area contributed by atoms with Crippen molar-refractivity contribution in [2.45, 2.75) is 6.54 Å². The molecule has 28 heavy (non-hydrogen) atoms. The van der Waals surface area contributed by atoms with Crippen molar-refractivity contribution < 1.29 is 18.7 Å². The molecule has 0 spiro atoms. The highest BCUT2D eigenvalue weighted by atomic mass is 19.1. The molecule has 1 fully saturated rings. The lowest BCUT2D eigenvalue weighted by molar-refractivity contribution is 0.0342. The second kappa shape index (κ2) is 9.84. The highest BCUT2D eigenvalue weighted by Gasteiger charge is 2.10. The van der Waals surface area contributed by atoms with Crippen molar-refractivity contribution in [2.24, 2.45) is 0 Å². The van der Waals surface area contributed by atoms with Crippen molar-refractivity contribution in [1.82, 2.24) is 4.90 Å². The number of allylic oxidation sites excluding steroid dienone is 1. The average Bonchev–Trinajstić information content (AvgIpc) is 2.74. The summed E-state index contributed by atoms with van der Waals surface area (Å²) < 4.78 is 24.1. The SMILES string of the molecule is COC(=O)c1ccc(C#C/C(F)=C/c2ccc(CN3CCOCC3)cc2)cc1. The Kier molecular flexibility index (Phi) is 6.96.